The maximum absolute atomic E-state index is 13.3. The molecule has 0 aliphatic heterocycles. The Kier molecular flexibility index (Phi) is 6.31. The molecule has 0 atom stereocenters. The first-order valence-corrected chi connectivity index (χ1v) is 13.5. The Morgan fingerprint density at radius 2 is 1.84 bits per heavy atom. The number of hydrogen-bond acceptors (Lipinski definition) is 6. The normalized spacial score (nSPS) is 13.2. The average molecular weight is 573 g/mol. The summed E-state index contributed by atoms with van der Waals surface area (Å²) in [6, 6.07) is 18.2. The van der Waals surface area contributed by atoms with Gasteiger partial charge in [-0.05, 0) is 79.8 Å². The van der Waals surface area contributed by atoms with E-state index < -0.39 is 0 Å². The molecule has 1 aliphatic carbocycles. The fourth-order valence-electron chi connectivity index (χ4n) is 4.51. The van der Waals surface area contributed by atoms with Gasteiger partial charge in [-0.25, -0.2) is 10.4 Å². The van der Waals surface area contributed by atoms with Crippen LogP contribution < -0.4 is 11.0 Å². The van der Waals surface area contributed by atoms with Crippen molar-refractivity contribution in [1.82, 2.24) is 15.0 Å². The van der Waals surface area contributed by atoms with Gasteiger partial charge in [0.25, 0.3) is 11.5 Å². The Morgan fingerprint density at radius 3 is 2.65 bits per heavy atom. The number of hydrogen-bond donors (Lipinski definition) is 1. The van der Waals surface area contributed by atoms with E-state index in [0.717, 1.165) is 51.5 Å². The molecule has 0 saturated heterocycles. The van der Waals surface area contributed by atoms with Crippen LogP contribution in [0.3, 0.4) is 0 Å². The smallest absolute Gasteiger partial charge is 0.271 e. The second-order valence-electron chi connectivity index (χ2n) is 8.77. The van der Waals surface area contributed by atoms with E-state index in [4.69, 9.17) is 4.42 Å². The van der Waals surface area contributed by atoms with Crippen LogP contribution in [0.2, 0.25) is 0 Å². The summed E-state index contributed by atoms with van der Waals surface area (Å²) in [7, 11) is 0. The van der Waals surface area contributed by atoms with E-state index in [1.54, 1.807) is 52.6 Å². The number of benzene rings is 2. The fourth-order valence-corrected chi connectivity index (χ4v) is 6.00. The molecule has 0 unspecified atom stereocenters. The van der Waals surface area contributed by atoms with Crippen LogP contribution in [0.5, 0.6) is 0 Å². The van der Waals surface area contributed by atoms with Crippen LogP contribution >= 0.6 is 27.3 Å². The molecule has 9 heteroatoms. The monoisotopic (exact) mass is 572 g/mol. The van der Waals surface area contributed by atoms with Crippen molar-refractivity contribution < 1.29 is 9.21 Å². The molecule has 184 valence electrons. The third-order valence-electron chi connectivity index (χ3n) is 6.40. The quantitative estimate of drug-likeness (QED) is 0.203. The molecule has 0 fully saturated rings. The Morgan fingerprint density at radius 1 is 1.05 bits per heavy atom. The van der Waals surface area contributed by atoms with Gasteiger partial charge in [-0.3, -0.25) is 14.2 Å². The third-order valence-corrected chi connectivity index (χ3v) is 8.13. The molecule has 3 heterocycles. The Hall–Kier alpha value is -3.82. The lowest BCUT2D eigenvalue weighted by Gasteiger charge is -2.10. The summed E-state index contributed by atoms with van der Waals surface area (Å²) in [5.74, 6) is 0.864. The van der Waals surface area contributed by atoms with E-state index in [1.807, 2.05) is 30.3 Å². The predicted octanol–water partition coefficient (Wildman–Crippen LogP) is 6.11. The third kappa shape index (κ3) is 4.68. The lowest BCUT2D eigenvalue weighted by molar-refractivity contribution is 0.0955. The number of carbonyl (C=O) groups is 1. The number of furan rings is 1. The van der Waals surface area contributed by atoms with Crippen molar-refractivity contribution in [2.45, 2.75) is 25.7 Å². The Bertz CT molecular complexity index is 1700. The summed E-state index contributed by atoms with van der Waals surface area (Å²) < 4.78 is 8.32. The summed E-state index contributed by atoms with van der Waals surface area (Å²) >= 11 is 5.05. The molecule has 7 nitrogen and oxygen atoms in total. The summed E-state index contributed by atoms with van der Waals surface area (Å²) in [6.07, 6.45) is 7.24. The number of halogens is 1. The minimum atomic E-state index is -0.365. The topological polar surface area (TPSA) is 89.5 Å². The van der Waals surface area contributed by atoms with Gasteiger partial charge in [0, 0.05) is 20.5 Å². The predicted molar refractivity (Wildman–Crippen MR) is 149 cm³/mol. The van der Waals surface area contributed by atoms with Crippen molar-refractivity contribution in [3.8, 4) is 17.0 Å². The molecule has 1 aliphatic rings. The van der Waals surface area contributed by atoms with Crippen molar-refractivity contribution in [3.63, 3.8) is 0 Å². The van der Waals surface area contributed by atoms with Crippen LogP contribution in [0.15, 0.2) is 85.8 Å². The van der Waals surface area contributed by atoms with E-state index in [2.05, 4.69) is 31.4 Å². The zero-order valence-electron chi connectivity index (χ0n) is 19.6. The average Bonchev–Trinajstić information content (AvgIpc) is 3.54. The van der Waals surface area contributed by atoms with Crippen LogP contribution in [-0.4, -0.2) is 21.7 Å². The van der Waals surface area contributed by atoms with Crippen LogP contribution in [0.4, 0.5) is 0 Å². The number of amides is 1. The van der Waals surface area contributed by atoms with E-state index in [-0.39, 0.29) is 11.5 Å². The van der Waals surface area contributed by atoms with Gasteiger partial charge < -0.3 is 4.42 Å². The van der Waals surface area contributed by atoms with Crippen molar-refractivity contribution >= 4 is 49.6 Å². The second kappa shape index (κ2) is 9.91. The number of aromatic nitrogens is 2. The lowest BCUT2D eigenvalue weighted by Crippen LogP contribution is -2.20. The highest BCUT2D eigenvalue weighted by atomic mass is 79.9. The van der Waals surface area contributed by atoms with Crippen molar-refractivity contribution in [3.05, 3.63) is 104 Å². The number of thiophene rings is 1. The van der Waals surface area contributed by atoms with E-state index in [0.29, 0.717) is 22.8 Å². The number of hydrazone groups is 1. The van der Waals surface area contributed by atoms with Gasteiger partial charge in [-0.1, -0.05) is 28.1 Å². The van der Waals surface area contributed by atoms with Gasteiger partial charge in [-0.2, -0.15) is 5.10 Å². The molecule has 5 aromatic rings. The number of aryl methyl sites for hydroxylation is 2. The Balaban J connectivity index is 1.15. The molecule has 6 rings (SSSR count). The number of nitrogens with zero attached hydrogens (tertiary/aromatic N) is 3. The first-order valence-electron chi connectivity index (χ1n) is 11.9. The zero-order valence-corrected chi connectivity index (χ0v) is 22.0. The molecule has 2 aromatic carbocycles. The maximum atomic E-state index is 13.3. The van der Waals surface area contributed by atoms with Crippen LogP contribution in [-0.2, 0) is 12.8 Å². The highest BCUT2D eigenvalue weighted by molar-refractivity contribution is 9.10. The summed E-state index contributed by atoms with van der Waals surface area (Å²) in [5, 5.41) is 4.75. The molecule has 3 aromatic heterocycles. The summed E-state index contributed by atoms with van der Waals surface area (Å²) in [6.45, 7) is 0. The molecule has 0 bridgehead atoms. The second-order valence-corrected chi connectivity index (χ2v) is 10.8. The molecule has 0 spiro atoms. The van der Waals surface area contributed by atoms with Crippen molar-refractivity contribution in [1.29, 1.82) is 0 Å². The largest absolute Gasteiger partial charge is 0.455 e. The van der Waals surface area contributed by atoms with E-state index >= 15 is 0 Å². The van der Waals surface area contributed by atoms with Gasteiger partial charge in [0.2, 0.25) is 0 Å². The van der Waals surface area contributed by atoms with Crippen LogP contribution in [0.25, 0.3) is 27.2 Å². The number of nitrogens with one attached hydrogen (secondary N) is 1. The summed E-state index contributed by atoms with van der Waals surface area (Å²) in [5.41, 5.74) is 5.64. The zero-order chi connectivity index (χ0) is 25.4. The lowest BCUT2D eigenvalue weighted by atomic mass is 9.97. The highest BCUT2D eigenvalue weighted by Crippen LogP contribution is 2.33. The van der Waals surface area contributed by atoms with Crippen LogP contribution in [0.1, 0.15) is 39.4 Å². The minimum absolute atomic E-state index is 0.0628. The Labute approximate surface area is 224 Å². The molecule has 37 heavy (non-hydrogen) atoms. The molecule has 0 radical (unpaired) electrons. The first-order chi connectivity index (χ1) is 18.1. The first kappa shape index (κ1) is 23.6. The van der Waals surface area contributed by atoms with Gasteiger partial charge in [0.15, 0.2) is 0 Å². The molecule has 0 saturated carbocycles. The van der Waals surface area contributed by atoms with Gasteiger partial charge in [0.1, 0.15) is 22.7 Å². The fraction of sp³-hybridized carbons (Fsp3) is 0.143. The van der Waals surface area contributed by atoms with Gasteiger partial charge >= 0.3 is 0 Å². The highest BCUT2D eigenvalue weighted by Gasteiger charge is 2.20. The molecular formula is C28H21BrN4O3S. The minimum Gasteiger partial charge on any atom is -0.455 e. The van der Waals surface area contributed by atoms with Gasteiger partial charge in [-0.15, -0.1) is 11.3 Å². The molecule has 1 amide bonds. The number of rotatable bonds is 5. The maximum Gasteiger partial charge on any atom is 0.271 e. The summed E-state index contributed by atoms with van der Waals surface area (Å²) in [4.78, 5) is 32.5. The van der Waals surface area contributed by atoms with Crippen molar-refractivity contribution in [2.24, 2.45) is 5.10 Å². The van der Waals surface area contributed by atoms with Crippen LogP contribution in [0, 0.1) is 0 Å². The van der Waals surface area contributed by atoms with E-state index in [9.17, 15) is 9.59 Å². The SMILES string of the molecule is O=C(N/N=C/c1ccc(-c2ccc(Br)cc2)o1)c1ccc(-n2cnc3sc4c(c3c2=O)CCCC4)cc1. The van der Waals surface area contributed by atoms with Gasteiger partial charge in [0.05, 0.1) is 17.3 Å². The number of fused-ring (bicyclic) bond motifs is 3. The van der Waals surface area contributed by atoms with E-state index in [1.165, 1.54) is 11.1 Å². The standard InChI is InChI=1S/C28H21BrN4O3S/c29-19-9-5-17(6-10-19)23-14-13-21(36-23)15-31-32-26(34)18-7-11-20(12-8-18)33-16-30-27-25(28(33)35)22-3-1-2-4-24(22)37-27/h5-16H,1-4H2,(H,32,34)/b31-15+. The number of carbonyl (C=O) groups excluding carboxylic acids is 1. The molecule has 1 N–H and O–H groups in total. The van der Waals surface area contributed by atoms with Crippen molar-refractivity contribution in [2.75, 3.05) is 0 Å². The molecular weight excluding hydrogens is 552 g/mol.